The van der Waals surface area contributed by atoms with Gasteiger partial charge in [0, 0.05) is 41.3 Å². The monoisotopic (exact) mass is 1100 g/mol. The van der Waals surface area contributed by atoms with Crippen molar-refractivity contribution in [1.82, 2.24) is 9.97 Å². The van der Waals surface area contributed by atoms with E-state index in [0.29, 0.717) is 12.4 Å². The van der Waals surface area contributed by atoms with Crippen LogP contribution in [0.25, 0.3) is 99.0 Å². The Balaban J connectivity index is 1.11. The van der Waals surface area contributed by atoms with E-state index in [2.05, 4.69) is 228 Å². The van der Waals surface area contributed by atoms with Crippen LogP contribution in [0.15, 0.2) is 158 Å². The number of nitrogens with zero attached hydrogens (tertiary/aromatic N) is 2. The van der Waals surface area contributed by atoms with Crippen LogP contribution in [0.1, 0.15) is 133 Å². The molecule has 0 atom stereocenters. The van der Waals surface area contributed by atoms with Crippen LogP contribution in [-0.2, 0) is 12.8 Å². The lowest BCUT2D eigenvalue weighted by Gasteiger charge is -2.20. The molecule has 0 unspecified atom stereocenters. The van der Waals surface area contributed by atoms with Crippen LogP contribution >= 0.6 is 0 Å². The Bertz CT molecular complexity index is 4170. The number of rotatable bonds is 24. The second-order valence-electron chi connectivity index (χ2n) is 22.5. The Hall–Kier alpha value is -9.06. The van der Waals surface area contributed by atoms with Crippen LogP contribution in [-0.4, -0.2) is 16.6 Å². The Morgan fingerprint density at radius 2 is 0.821 bits per heavy atom. The van der Waals surface area contributed by atoms with Crippen molar-refractivity contribution >= 4 is 43.1 Å². The number of benzene rings is 8. The first kappa shape index (κ1) is 58.1. The fourth-order valence-electron chi connectivity index (χ4n) is 11.8. The van der Waals surface area contributed by atoms with E-state index in [1.807, 2.05) is 6.07 Å². The van der Waals surface area contributed by atoms with Gasteiger partial charge < -0.3 is 9.47 Å². The minimum absolute atomic E-state index is 0.608. The Labute approximate surface area is 499 Å². The first-order chi connectivity index (χ1) is 41.3. The normalized spacial score (nSPS) is 11.0. The molecule has 0 fully saturated rings. The number of hydrogen-bond donors (Lipinski definition) is 0. The van der Waals surface area contributed by atoms with E-state index < -0.39 is 0 Å². The maximum absolute atomic E-state index is 6.57. The third kappa shape index (κ3) is 13.9. The summed E-state index contributed by atoms with van der Waals surface area (Å²) in [5, 5.41) is 9.04. The number of aromatic nitrogens is 2. The van der Waals surface area contributed by atoms with E-state index >= 15 is 0 Å². The summed E-state index contributed by atoms with van der Waals surface area (Å²) < 4.78 is 12.7. The van der Waals surface area contributed by atoms with Crippen LogP contribution in [0.3, 0.4) is 0 Å². The smallest absolute Gasteiger partial charge is 0.140 e. The van der Waals surface area contributed by atoms with Gasteiger partial charge in [-0.1, -0.05) is 200 Å². The third-order valence-electron chi connectivity index (χ3n) is 16.3. The molecule has 84 heavy (non-hydrogen) atoms. The molecule has 0 aliphatic heterocycles. The number of fused-ring (bicyclic) bond motifs is 4. The minimum atomic E-state index is 0.608. The van der Waals surface area contributed by atoms with E-state index in [1.54, 1.807) is 0 Å². The summed E-state index contributed by atoms with van der Waals surface area (Å²) in [6, 6.07) is 53.7. The maximum Gasteiger partial charge on any atom is 0.140 e. The molecule has 0 saturated carbocycles. The third-order valence-corrected chi connectivity index (χ3v) is 16.3. The van der Waals surface area contributed by atoms with Crippen molar-refractivity contribution in [3.05, 3.63) is 180 Å². The van der Waals surface area contributed by atoms with Gasteiger partial charge in [-0.3, -0.25) is 9.97 Å². The first-order valence-electron chi connectivity index (χ1n) is 30.7. The van der Waals surface area contributed by atoms with Crippen LogP contribution in [0, 0.1) is 61.9 Å². The highest BCUT2D eigenvalue weighted by atomic mass is 16.5. The largest absolute Gasteiger partial charge is 0.494 e. The van der Waals surface area contributed by atoms with Gasteiger partial charge in [-0.15, -0.1) is 6.42 Å². The van der Waals surface area contributed by atoms with Gasteiger partial charge in [0.05, 0.1) is 18.0 Å². The highest BCUT2D eigenvalue weighted by Gasteiger charge is 2.22. The lowest BCUT2D eigenvalue weighted by molar-refractivity contribution is 0.305. The van der Waals surface area contributed by atoms with E-state index in [0.717, 1.165) is 113 Å². The quantitative estimate of drug-likeness (QED) is 0.0344. The molecule has 4 nitrogen and oxygen atoms in total. The number of unbranched alkanes of at least 4 members (excludes halogenated alkanes) is 11. The van der Waals surface area contributed by atoms with Crippen molar-refractivity contribution in [2.24, 2.45) is 0 Å². The van der Waals surface area contributed by atoms with Crippen molar-refractivity contribution in [2.75, 3.05) is 6.61 Å². The first-order valence-corrected chi connectivity index (χ1v) is 30.7. The fraction of sp³-hybridized carbons (Fsp3) is 0.275. The van der Waals surface area contributed by atoms with Crippen LogP contribution in [0.5, 0.6) is 11.5 Å². The number of terminal acetylenes is 1. The summed E-state index contributed by atoms with van der Waals surface area (Å²) in [6.45, 7) is 11.8. The highest BCUT2D eigenvalue weighted by molar-refractivity contribution is 6.23. The average Bonchev–Trinajstić information content (AvgIpc) is 1.10. The maximum atomic E-state index is 6.57. The number of hydrogen-bond acceptors (Lipinski definition) is 4. The molecule has 0 amide bonds. The van der Waals surface area contributed by atoms with E-state index in [4.69, 9.17) is 25.9 Å². The summed E-state index contributed by atoms with van der Waals surface area (Å²) in [4.78, 5) is 10.5. The molecule has 4 heteroatoms. The summed E-state index contributed by atoms with van der Waals surface area (Å²) in [5.41, 5.74) is 15.9. The molecular formula is C80H76N2O2. The predicted octanol–water partition coefficient (Wildman–Crippen LogP) is 21.0. The molecule has 8 aromatic carbocycles. The van der Waals surface area contributed by atoms with Crippen molar-refractivity contribution in [3.63, 3.8) is 0 Å². The molecule has 2 aromatic heterocycles. The fourth-order valence-corrected chi connectivity index (χ4v) is 11.8. The SMILES string of the molecule is C#CC#CC#CC#COc1ccc2c(-c3ccc(C)cc3)c3cc(OCCCCCCCC)ccc3c(-c3ccc(-c4ccc5c(-c6ccc(CCCCCC)cn6)c6cc(C)ccc6c(-c6ccc(CCCCCC)cn6)c5c4)cc3)c2c1. The molecule has 418 valence electrons. The van der Waals surface area contributed by atoms with Crippen molar-refractivity contribution in [2.45, 2.75) is 137 Å². The Kier molecular flexibility index (Phi) is 19.9. The van der Waals surface area contributed by atoms with Gasteiger partial charge in [-0.2, -0.15) is 0 Å². The van der Waals surface area contributed by atoms with Crippen LogP contribution < -0.4 is 9.47 Å². The average molecular weight is 1100 g/mol. The lowest BCUT2D eigenvalue weighted by Crippen LogP contribution is -1.98. The molecule has 0 N–H and O–H groups in total. The minimum Gasteiger partial charge on any atom is -0.494 e. The molecule has 0 saturated heterocycles. The van der Waals surface area contributed by atoms with Crippen LogP contribution in [0.2, 0.25) is 0 Å². The van der Waals surface area contributed by atoms with Gasteiger partial charge in [0.25, 0.3) is 0 Å². The van der Waals surface area contributed by atoms with Crippen molar-refractivity contribution in [3.8, 4) is 115 Å². The molecule has 2 heterocycles. The summed E-state index contributed by atoms with van der Waals surface area (Å²) in [5.74, 6) is 17.0. The molecule has 10 aromatic rings. The van der Waals surface area contributed by atoms with E-state index in [9.17, 15) is 0 Å². The summed E-state index contributed by atoms with van der Waals surface area (Å²) in [7, 11) is 0. The molecular weight excluding hydrogens is 1020 g/mol. The zero-order valence-electron chi connectivity index (χ0n) is 49.8. The van der Waals surface area contributed by atoms with E-state index in [1.165, 1.54) is 116 Å². The predicted molar refractivity (Wildman–Crippen MR) is 356 cm³/mol. The zero-order valence-corrected chi connectivity index (χ0v) is 49.8. The van der Waals surface area contributed by atoms with Crippen molar-refractivity contribution < 1.29 is 9.47 Å². The zero-order chi connectivity index (χ0) is 58.0. The number of ether oxygens (including phenoxy) is 2. The number of aryl methyl sites for hydroxylation is 4. The van der Waals surface area contributed by atoms with Crippen LogP contribution in [0.4, 0.5) is 0 Å². The Morgan fingerprint density at radius 3 is 1.42 bits per heavy atom. The van der Waals surface area contributed by atoms with Crippen molar-refractivity contribution in [1.29, 1.82) is 0 Å². The summed E-state index contributed by atoms with van der Waals surface area (Å²) in [6.07, 6.45) is 31.4. The van der Waals surface area contributed by atoms with Gasteiger partial charge in [0.15, 0.2) is 0 Å². The van der Waals surface area contributed by atoms with Gasteiger partial charge in [-0.05, 0) is 200 Å². The molecule has 0 aliphatic rings. The lowest BCUT2D eigenvalue weighted by atomic mass is 9.85. The highest BCUT2D eigenvalue weighted by Crippen LogP contribution is 2.48. The van der Waals surface area contributed by atoms with Gasteiger partial charge in [0.2, 0.25) is 0 Å². The topological polar surface area (TPSA) is 44.2 Å². The van der Waals surface area contributed by atoms with Gasteiger partial charge in [-0.25, -0.2) is 0 Å². The van der Waals surface area contributed by atoms with Gasteiger partial charge in [0.1, 0.15) is 17.6 Å². The standard InChI is InChI=1S/C80H76N2O2/c1-7-11-15-19-21-25-49-83-65-42-46-68-73(53-65)77(62-34-29-57(5)30-35-62)67-45-41-66(84-50-26-22-20-16-12-8-2)54-74(67)78(68)63-38-36-61(37-39-63)64-40-44-70-72(52-64)80(76-48-33-60(56-82-76)28-24-18-14-10-4)69-43-31-58(6)51-71(69)79(70)75-47-32-59(55-81-75)27-23-17-13-9-3/h2,29-48,51-56H,7,9-11,13-15,17-19,21,23-25,27-28,49H2,1,3-6H3. The molecule has 0 spiro atoms. The molecule has 0 bridgehead atoms. The molecule has 0 aliphatic carbocycles. The second kappa shape index (κ2) is 28.8. The second-order valence-corrected chi connectivity index (χ2v) is 22.5. The molecule has 10 rings (SSSR count). The Morgan fingerprint density at radius 1 is 0.369 bits per heavy atom. The van der Waals surface area contributed by atoms with E-state index in [-0.39, 0.29) is 0 Å². The summed E-state index contributed by atoms with van der Waals surface area (Å²) >= 11 is 0. The van der Waals surface area contributed by atoms with Gasteiger partial charge >= 0.3 is 0 Å². The number of pyridine rings is 2. The molecule has 0 radical (unpaired) electrons.